The van der Waals surface area contributed by atoms with E-state index in [0.717, 1.165) is 35.8 Å². The highest BCUT2D eigenvalue weighted by Crippen LogP contribution is 2.70. The maximum absolute atomic E-state index is 7.51. The summed E-state index contributed by atoms with van der Waals surface area (Å²) >= 11 is 0. The smallest absolute Gasteiger partial charge is 0.0243 e. The van der Waals surface area contributed by atoms with Crippen molar-refractivity contribution >= 4 is 0 Å². The minimum Gasteiger partial charge on any atom is -0.324 e. The van der Waals surface area contributed by atoms with Gasteiger partial charge in [-0.25, -0.2) is 0 Å². The Morgan fingerprint density at radius 1 is 0.962 bits per heavy atom. The van der Waals surface area contributed by atoms with Crippen LogP contribution in [-0.4, -0.2) is 43.2 Å². The first-order valence-corrected chi connectivity index (χ1v) is 11.5. The monoisotopic (exact) mass is 359 g/mol. The third-order valence-electron chi connectivity index (χ3n) is 11.0. The van der Waals surface area contributed by atoms with E-state index in [-0.39, 0.29) is 5.54 Å². The summed E-state index contributed by atoms with van der Waals surface area (Å²) in [5, 5.41) is 3.57. The molecule has 3 N–H and O–H groups in total. The molecule has 1 heterocycles. The molecule has 0 aromatic rings. The van der Waals surface area contributed by atoms with Crippen molar-refractivity contribution in [1.82, 2.24) is 10.2 Å². The van der Waals surface area contributed by atoms with Crippen LogP contribution in [0, 0.1) is 34.5 Å². The number of nitrogens with one attached hydrogen (secondary N) is 1. The average Bonchev–Trinajstić information content (AvgIpc) is 3.10. The molecule has 0 bridgehead atoms. The topological polar surface area (TPSA) is 41.3 Å². The minimum absolute atomic E-state index is 0.101. The van der Waals surface area contributed by atoms with E-state index in [9.17, 15) is 0 Å². The average molecular weight is 360 g/mol. The minimum atomic E-state index is 0.101. The highest BCUT2D eigenvalue weighted by atomic mass is 15.2. The van der Waals surface area contributed by atoms with E-state index in [1.165, 1.54) is 64.3 Å². The third kappa shape index (κ3) is 2.01. The molecule has 3 nitrogen and oxygen atoms in total. The first-order valence-electron chi connectivity index (χ1n) is 11.5. The zero-order valence-electron chi connectivity index (χ0n) is 17.6. The molecular formula is C23H41N3. The van der Waals surface area contributed by atoms with Crippen molar-refractivity contribution in [3.8, 4) is 0 Å². The van der Waals surface area contributed by atoms with E-state index >= 15 is 0 Å². The molecule has 1 spiro atoms. The van der Waals surface area contributed by atoms with Crippen LogP contribution in [0.2, 0.25) is 0 Å². The van der Waals surface area contributed by atoms with Crippen LogP contribution in [0.3, 0.4) is 0 Å². The maximum Gasteiger partial charge on any atom is 0.0243 e. The molecule has 4 aliphatic carbocycles. The Kier molecular flexibility index (Phi) is 3.94. The summed E-state index contributed by atoms with van der Waals surface area (Å²) in [6.45, 7) is 6.44. The second-order valence-electron chi connectivity index (χ2n) is 11.3. The summed E-state index contributed by atoms with van der Waals surface area (Å²) in [5.74, 6) is 3.46. The van der Waals surface area contributed by atoms with Gasteiger partial charge in [0.05, 0.1) is 0 Å². The lowest BCUT2D eigenvalue weighted by atomic mass is 9.41. The molecule has 1 saturated heterocycles. The third-order valence-corrected chi connectivity index (χ3v) is 11.0. The molecule has 4 saturated carbocycles. The van der Waals surface area contributed by atoms with Gasteiger partial charge in [0, 0.05) is 24.2 Å². The molecule has 26 heavy (non-hydrogen) atoms. The normalized spacial score (nSPS) is 59.4. The molecule has 4 unspecified atom stereocenters. The Hall–Kier alpha value is -0.120. The molecule has 5 aliphatic rings. The quantitative estimate of drug-likeness (QED) is 0.751. The Morgan fingerprint density at radius 2 is 1.69 bits per heavy atom. The molecule has 3 heteroatoms. The van der Waals surface area contributed by atoms with Crippen LogP contribution in [0.25, 0.3) is 0 Å². The van der Waals surface area contributed by atoms with Crippen molar-refractivity contribution in [2.24, 2.45) is 40.2 Å². The molecule has 0 aromatic carbocycles. The van der Waals surface area contributed by atoms with Gasteiger partial charge in [-0.1, -0.05) is 6.92 Å². The van der Waals surface area contributed by atoms with E-state index in [4.69, 9.17) is 5.73 Å². The van der Waals surface area contributed by atoms with Gasteiger partial charge in [0.2, 0.25) is 0 Å². The predicted octanol–water partition coefficient (Wildman–Crippen LogP) is 3.63. The summed E-state index contributed by atoms with van der Waals surface area (Å²) < 4.78 is 0. The van der Waals surface area contributed by atoms with Crippen LogP contribution in [0.4, 0.5) is 0 Å². The first kappa shape index (κ1) is 17.9. The highest BCUT2D eigenvalue weighted by Gasteiger charge is 2.68. The van der Waals surface area contributed by atoms with Gasteiger partial charge in [0.15, 0.2) is 0 Å². The molecule has 0 radical (unpaired) electrons. The number of hydrogen-bond acceptors (Lipinski definition) is 3. The van der Waals surface area contributed by atoms with Crippen molar-refractivity contribution in [1.29, 1.82) is 0 Å². The summed E-state index contributed by atoms with van der Waals surface area (Å²) in [4.78, 5) is 2.67. The predicted molar refractivity (Wildman–Crippen MR) is 108 cm³/mol. The number of likely N-dealkylation sites (tertiary alicyclic amines) is 1. The van der Waals surface area contributed by atoms with Crippen molar-refractivity contribution in [3.05, 3.63) is 0 Å². The largest absolute Gasteiger partial charge is 0.324 e. The van der Waals surface area contributed by atoms with Crippen LogP contribution in [0.15, 0.2) is 0 Å². The van der Waals surface area contributed by atoms with Gasteiger partial charge in [0.1, 0.15) is 0 Å². The van der Waals surface area contributed by atoms with E-state index in [2.05, 4.69) is 38.2 Å². The lowest BCUT2D eigenvalue weighted by Gasteiger charge is -2.66. The van der Waals surface area contributed by atoms with Crippen LogP contribution < -0.4 is 11.1 Å². The highest BCUT2D eigenvalue weighted by molar-refractivity contribution is 5.21. The molecule has 5 fully saturated rings. The Bertz CT molecular complexity index is 578. The van der Waals surface area contributed by atoms with E-state index < -0.39 is 0 Å². The van der Waals surface area contributed by atoms with Crippen molar-refractivity contribution in [2.75, 3.05) is 20.6 Å². The van der Waals surface area contributed by atoms with Gasteiger partial charge in [0.25, 0.3) is 0 Å². The standard InChI is InChI=1S/C23H41N3/c1-15-18-7-8-19-20-6-5-16-13-17(25-3)9-10-21(16,2)23(20,24)12-11-22(18,19)14-26(15)4/h15-20,25H,5-14,24H2,1-4H3/t15-,16?,17-,18+,19?,20-,21?,22?,23+/m0/s1. The van der Waals surface area contributed by atoms with Gasteiger partial charge >= 0.3 is 0 Å². The van der Waals surface area contributed by atoms with Crippen LogP contribution in [0.1, 0.15) is 71.6 Å². The number of rotatable bonds is 1. The number of hydrogen-bond donors (Lipinski definition) is 2. The molecule has 5 rings (SSSR count). The van der Waals surface area contributed by atoms with Crippen molar-refractivity contribution < 1.29 is 0 Å². The Morgan fingerprint density at radius 3 is 2.46 bits per heavy atom. The van der Waals surface area contributed by atoms with E-state index in [1.54, 1.807) is 0 Å². The molecule has 148 valence electrons. The van der Waals surface area contributed by atoms with E-state index in [0.29, 0.717) is 10.8 Å². The molecule has 0 amide bonds. The fraction of sp³-hybridized carbons (Fsp3) is 1.00. The number of nitrogens with two attached hydrogens (primary N) is 1. The summed E-state index contributed by atoms with van der Waals surface area (Å²) in [6, 6.07) is 1.51. The lowest BCUT2D eigenvalue weighted by Crippen LogP contribution is -2.70. The van der Waals surface area contributed by atoms with E-state index in [1.807, 2.05) is 0 Å². The zero-order valence-corrected chi connectivity index (χ0v) is 17.6. The van der Waals surface area contributed by atoms with Gasteiger partial charge in [-0.05, 0) is 113 Å². The molecule has 1 aliphatic heterocycles. The molecule has 9 atom stereocenters. The molecular weight excluding hydrogens is 318 g/mol. The van der Waals surface area contributed by atoms with Crippen molar-refractivity contribution in [3.63, 3.8) is 0 Å². The second kappa shape index (κ2) is 5.70. The van der Waals surface area contributed by atoms with Gasteiger partial charge in [-0.2, -0.15) is 0 Å². The molecule has 0 aromatic heterocycles. The second-order valence-corrected chi connectivity index (χ2v) is 11.3. The van der Waals surface area contributed by atoms with Crippen LogP contribution in [-0.2, 0) is 0 Å². The Labute approximate surface area is 160 Å². The lowest BCUT2D eigenvalue weighted by molar-refractivity contribution is -0.131. The van der Waals surface area contributed by atoms with Crippen LogP contribution in [0.5, 0.6) is 0 Å². The maximum atomic E-state index is 7.51. The number of fused-ring (bicyclic) bond motifs is 4. The van der Waals surface area contributed by atoms with Gasteiger partial charge < -0.3 is 16.0 Å². The summed E-state index contributed by atoms with van der Waals surface area (Å²) in [5.41, 5.74) is 8.59. The SMILES string of the molecule is CN[C@H]1CCC2(C)C(CC[C@H]3C4CC[C@@H]5[C@H](C)N(C)CC45CC[C@@]32N)C1. The van der Waals surface area contributed by atoms with Crippen LogP contribution >= 0.6 is 0 Å². The fourth-order valence-corrected chi connectivity index (χ4v) is 9.38. The first-order chi connectivity index (χ1) is 12.4. The van der Waals surface area contributed by atoms with Crippen molar-refractivity contribution in [2.45, 2.75) is 89.3 Å². The van der Waals surface area contributed by atoms with Gasteiger partial charge in [-0.15, -0.1) is 0 Å². The summed E-state index contributed by atoms with van der Waals surface area (Å²) in [6.07, 6.45) is 12.5. The number of nitrogens with zero attached hydrogens (tertiary/aromatic N) is 1. The fourth-order valence-electron chi connectivity index (χ4n) is 9.38. The zero-order chi connectivity index (χ0) is 18.3. The summed E-state index contributed by atoms with van der Waals surface area (Å²) in [7, 11) is 4.52. The van der Waals surface area contributed by atoms with Gasteiger partial charge in [-0.3, -0.25) is 0 Å². The Balaban J connectivity index is 1.48.